The average molecular weight is 715 g/mol. The monoisotopic (exact) mass is 714 g/mol. The number of fused-ring (bicyclic) bond motifs is 1. The normalized spacial score (nSPS) is 24.8. The maximum absolute atomic E-state index is 14.8. The molecule has 13 heteroatoms. The lowest BCUT2D eigenvalue weighted by Gasteiger charge is -2.43. The Bertz CT molecular complexity index is 1330. The molecule has 0 radical (unpaired) electrons. The second kappa shape index (κ2) is 16.4. The molecule has 5 N–H and O–H groups in total. The maximum atomic E-state index is 14.8. The number of rotatable bonds is 16. The van der Waals surface area contributed by atoms with Gasteiger partial charge < -0.3 is 36.2 Å². The summed E-state index contributed by atoms with van der Waals surface area (Å²) < 4.78 is 5.49. The van der Waals surface area contributed by atoms with Crippen molar-refractivity contribution in [3.63, 3.8) is 0 Å². The number of ether oxygens (including phenoxy) is 1. The zero-order valence-electron chi connectivity index (χ0n) is 31.8. The fourth-order valence-electron chi connectivity index (χ4n) is 7.98. The quantitative estimate of drug-likeness (QED) is 0.119. The van der Waals surface area contributed by atoms with E-state index in [-0.39, 0.29) is 42.7 Å². The number of hydrogen-bond donors (Lipinski definition) is 5. The van der Waals surface area contributed by atoms with Gasteiger partial charge >= 0.3 is 12.1 Å². The average Bonchev–Trinajstić information content (AvgIpc) is 3.94. The third-order valence-corrected chi connectivity index (χ3v) is 11.8. The number of carbonyl (C=O) groups excluding carboxylic acids is 6. The van der Waals surface area contributed by atoms with Crippen LogP contribution in [0.2, 0.25) is 0 Å². The number of nitrogens with one attached hydrogen (secondary N) is 5. The van der Waals surface area contributed by atoms with Gasteiger partial charge in [0.2, 0.25) is 17.6 Å². The Kier molecular flexibility index (Phi) is 12.9. The fraction of sp³-hybridized carbons (Fsp3) is 0.789. The van der Waals surface area contributed by atoms with Gasteiger partial charge in [-0.2, -0.15) is 0 Å². The fourth-order valence-corrected chi connectivity index (χ4v) is 7.98. The van der Waals surface area contributed by atoms with Crippen LogP contribution in [0, 0.1) is 34.0 Å². The third kappa shape index (κ3) is 9.83. The topological polar surface area (TPSA) is 175 Å². The van der Waals surface area contributed by atoms with Crippen LogP contribution in [0.15, 0.2) is 12.7 Å². The van der Waals surface area contributed by atoms with Crippen molar-refractivity contribution in [3.8, 4) is 0 Å². The smallest absolute Gasteiger partial charge is 0.407 e. The summed E-state index contributed by atoms with van der Waals surface area (Å²) in [7, 11) is 0. The molecule has 4 aliphatic rings. The minimum absolute atomic E-state index is 0.0423. The van der Waals surface area contributed by atoms with Gasteiger partial charge in [0.15, 0.2) is 0 Å². The van der Waals surface area contributed by atoms with Gasteiger partial charge in [0.1, 0.15) is 18.7 Å². The first-order valence-corrected chi connectivity index (χ1v) is 19.0. The lowest BCUT2D eigenvalue weighted by Crippen LogP contribution is -2.63. The number of ketones is 1. The van der Waals surface area contributed by atoms with Crippen LogP contribution in [0.5, 0.6) is 0 Å². The van der Waals surface area contributed by atoms with Gasteiger partial charge in [-0.15, -0.1) is 6.58 Å². The third-order valence-electron chi connectivity index (χ3n) is 11.8. The van der Waals surface area contributed by atoms with Gasteiger partial charge in [-0.25, -0.2) is 9.59 Å². The van der Waals surface area contributed by atoms with Gasteiger partial charge in [0, 0.05) is 19.6 Å². The summed E-state index contributed by atoms with van der Waals surface area (Å²) in [4.78, 5) is 82.3. The number of carbonyl (C=O) groups is 6. The molecule has 1 aliphatic heterocycles. The van der Waals surface area contributed by atoms with Gasteiger partial charge in [-0.3, -0.25) is 19.2 Å². The highest BCUT2D eigenvalue weighted by Crippen LogP contribution is 2.65. The Balaban J connectivity index is 1.53. The molecule has 0 aromatic carbocycles. The molecule has 6 atom stereocenters. The molecule has 1 saturated heterocycles. The van der Waals surface area contributed by atoms with E-state index in [0.717, 1.165) is 44.9 Å². The highest BCUT2D eigenvalue weighted by atomic mass is 16.5. The SMILES string of the molecule is C=CCNC(=O)C(=O)C(CCC)NC(=O)[C@@H]1C2C(CN1C(=O)[C@@H](NC(=O)N[C@H](COC(=O)NCC1CC1)C(C)(C)C)C1(C)CCCCC1)C2(C)C. The van der Waals surface area contributed by atoms with E-state index in [2.05, 4.69) is 47.0 Å². The van der Waals surface area contributed by atoms with E-state index in [1.54, 1.807) is 4.90 Å². The van der Waals surface area contributed by atoms with Crippen molar-refractivity contribution < 1.29 is 33.5 Å². The summed E-state index contributed by atoms with van der Waals surface area (Å²) in [5.74, 6) is -1.88. The molecular weight excluding hydrogens is 652 g/mol. The number of likely N-dealkylation sites (tertiary alicyclic amines) is 1. The molecule has 3 aliphatic carbocycles. The van der Waals surface area contributed by atoms with Crippen LogP contribution in [-0.2, 0) is 23.9 Å². The van der Waals surface area contributed by atoms with Crippen molar-refractivity contribution in [1.82, 2.24) is 31.5 Å². The van der Waals surface area contributed by atoms with Crippen LogP contribution in [0.1, 0.15) is 106 Å². The Morgan fingerprint density at radius 3 is 2.22 bits per heavy atom. The van der Waals surface area contributed by atoms with Crippen molar-refractivity contribution in [2.24, 2.45) is 34.0 Å². The largest absolute Gasteiger partial charge is 0.447 e. The summed E-state index contributed by atoms with van der Waals surface area (Å²) in [6.07, 6.45) is 8.29. The van der Waals surface area contributed by atoms with Crippen LogP contribution in [0.4, 0.5) is 9.59 Å². The highest BCUT2D eigenvalue weighted by molar-refractivity contribution is 6.38. The molecule has 0 aromatic heterocycles. The molecule has 0 aromatic rings. The maximum Gasteiger partial charge on any atom is 0.407 e. The van der Waals surface area contributed by atoms with Crippen molar-refractivity contribution >= 4 is 35.6 Å². The first kappa shape index (κ1) is 40.1. The lowest BCUT2D eigenvalue weighted by molar-refractivity contribution is -0.146. The molecule has 286 valence electrons. The highest BCUT2D eigenvalue weighted by Gasteiger charge is 2.70. The molecule has 3 unspecified atom stereocenters. The minimum Gasteiger partial charge on any atom is -0.447 e. The van der Waals surface area contributed by atoms with Crippen molar-refractivity contribution in [2.45, 2.75) is 130 Å². The van der Waals surface area contributed by atoms with Crippen molar-refractivity contribution in [1.29, 1.82) is 0 Å². The summed E-state index contributed by atoms with van der Waals surface area (Å²) >= 11 is 0. The van der Waals surface area contributed by atoms with Gasteiger partial charge in [0.05, 0.1) is 12.1 Å². The molecule has 3 saturated carbocycles. The van der Waals surface area contributed by atoms with Crippen molar-refractivity contribution in [2.75, 3.05) is 26.2 Å². The van der Waals surface area contributed by atoms with Crippen LogP contribution in [0.3, 0.4) is 0 Å². The standard InChI is InChI=1S/C38H62N6O7/c1-9-14-25(29(45)32(47)39-19-10-2)41-31(46)28-27-24(37(27,6)7)21-44(28)33(48)30(38(8)17-12-11-13-18-38)43-34(49)42-26(36(3,4)5)22-51-35(50)40-20-23-15-16-23/h10,23-28,30H,2,9,11-22H2,1,3-8H3,(H,39,47)(H,40,50)(H,41,46)(H2,42,43,49)/t24?,25?,26-,27?,28+,30-/m1/s1. The number of amides is 6. The summed E-state index contributed by atoms with van der Waals surface area (Å²) in [6.45, 7) is 18.4. The molecule has 6 amide bonds. The minimum atomic E-state index is -1.03. The van der Waals surface area contributed by atoms with E-state index in [0.29, 0.717) is 25.4 Å². The number of Topliss-reactive ketones (excluding diaryl/α,β-unsaturated/α-hetero) is 1. The Morgan fingerprint density at radius 1 is 0.961 bits per heavy atom. The molecule has 4 rings (SSSR count). The van der Waals surface area contributed by atoms with Crippen LogP contribution < -0.4 is 26.6 Å². The lowest BCUT2D eigenvalue weighted by atomic mass is 9.70. The summed E-state index contributed by atoms with van der Waals surface area (Å²) in [5, 5.41) is 14.1. The second-order valence-corrected chi connectivity index (χ2v) is 17.2. The van der Waals surface area contributed by atoms with Crippen LogP contribution in [-0.4, -0.2) is 90.9 Å². The Hall–Kier alpha value is -3.64. The van der Waals surface area contributed by atoms with E-state index < -0.39 is 64.7 Å². The number of hydrogen-bond acceptors (Lipinski definition) is 7. The first-order valence-electron chi connectivity index (χ1n) is 19.0. The Labute approximate surface area is 303 Å². The number of piperidine rings is 1. The van der Waals surface area contributed by atoms with E-state index in [9.17, 15) is 28.8 Å². The predicted molar refractivity (Wildman–Crippen MR) is 193 cm³/mol. The van der Waals surface area contributed by atoms with E-state index in [1.807, 2.05) is 34.6 Å². The number of urea groups is 1. The van der Waals surface area contributed by atoms with Crippen LogP contribution >= 0.6 is 0 Å². The van der Waals surface area contributed by atoms with E-state index in [1.165, 1.54) is 6.08 Å². The number of nitrogens with zero attached hydrogens (tertiary/aromatic N) is 1. The molecule has 51 heavy (non-hydrogen) atoms. The van der Waals surface area contributed by atoms with Crippen LogP contribution in [0.25, 0.3) is 0 Å². The Morgan fingerprint density at radius 2 is 1.63 bits per heavy atom. The molecule has 0 spiro atoms. The molecule has 0 bridgehead atoms. The molecule has 1 heterocycles. The predicted octanol–water partition coefficient (Wildman–Crippen LogP) is 3.81. The molecule has 4 fully saturated rings. The van der Waals surface area contributed by atoms with Gasteiger partial charge in [-0.05, 0) is 66.1 Å². The van der Waals surface area contributed by atoms with E-state index in [4.69, 9.17) is 4.74 Å². The van der Waals surface area contributed by atoms with Crippen molar-refractivity contribution in [3.05, 3.63) is 12.7 Å². The molecule has 13 nitrogen and oxygen atoms in total. The molecular formula is C38H62N6O7. The van der Waals surface area contributed by atoms with Gasteiger partial charge in [0.25, 0.3) is 5.91 Å². The number of alkyl carbamates (subject to hydrolysis) is 1. The summed E-state index contributed by atoms with van der Waals surface area (Å²) in [5.41, 5.74) is -1.22. The van der Waals surface area contributed by atoms with E-state index >= 15 is 0 Å². The first-order chi connectivity index (χ1) is 23.9. The second-order valence-electron chi connectivity index (χ2n) is 17.2. The summed E-state index contributed by atoms with van der Waals surface area (Å²) in [6, 6.07) is -3.91. The zero-order chi connectivity index (χ0) is 37.7. The zero-order valence-corrected chi connectivity index (χ0v) is 31.8. The van der Waals surface area contributed by atoms with Gasteiger partial charge in [-0.1, -0.05) is 80.2 Å².